The zero-order valence-electron chi connectivity index (χ0n) is 11.7. The highest BCUT2D eigenvalue weighted by molar-refractivity contribution is 5.73. The van der Waals surface area contributed by atoms with E-state index in [4.69, 9.17) is 0 Å². The summed E-state index contributed by atoms with van der Waals surface area (Å²) in [4.78, 5) is 13.5. The highest BCUT2D eigenvalue weighted by Gasteiger charge is 2.16. The lowest BCUT2D eigenvalue weighted by atomic mass is 10.1. The van der Waals surface area contributed by atoms with E-state index in [0.717, 1.165) is 17.9 Å². The number of rotatable bonds is 4. The molecular weight excluding hydrogens is 214 g/mol. The highest BCUT2D eigenvalue weighted by Crippen LogP contribution is 2.15. The van der Waals surface area contributed by atoms with Crippen molar-refractivity contribution in [1.29, 1.82) is 0 Å². The Morgan fingerprint density at radius 2 is 2.00 bits per heavy atom. The van der Waals surface area contributed by atoms with Crippen LogP contribution in [0.2, 0.25) is 0 Å². The van der Waals surface area contributed by atoms with Crippen LogP contribution in [0.5, 0.6) is 0 Å². The fourth-order valence-corrected chi connectivity index (χ4v) is 1.98. The van der Waals surface area contributed by atoms with E-state index in [1.807, 2.05) is 30.5 Å². The van der Waals surface area contributed by atoms with Gasteiger partial charge >= 0.3 is 0 Å². The lowest BCUT2D eigenvalue weighted by Gasteiger charge is -2.23. The van der Waals surface area contributed by atoms with E-state index >= 15 is 0 Å². The third-order valence-corrected chi connectivity index (χ3v) is 3.04. The molecule has 1 amide bonds. The number of carbonyl (C=O) groups excluding carboxylic acids is 1. The maximum absolute atomic E-state index is 11.6. The van der Waals surface area contributed by atoms with E-state index in [1.54, 1.807) is 6.92 Å². The summed E-state index contributed by atoms with van der Waals surface area (Å²) in [5.74, 6) is 0.609. The van der Waals surface area contributed by atoms with Gasteiger partial charge in [-0.25, -0.2) is 0 Å². The predicted molar refractivity (Wildman–Crippen MR) is 68.6 cm³/mol. The second-order valence-corrected chi connectivity index (χ2v) is 5.07. The third kappa shape index (κ3) is 3.32. The Kier molecular flexibility index (Phi) is 4.32. The molecule has 0 atom stereocenters. The fraction of sp³-hybridized carbons (Fsp3) is 0.692. The summed E-state index contributed by atoms with van der Waals surface area (Å²) < 4.78 is 1.87. The zero-order chi connectivity index (χ0) is 13.2. The van der Waals surface area contributed by atoms with Crippen molar-refractivity contribution in [3.8, 4) is 0 Å². The summed E-state index contributed by atoms with van der Waals surface area (Å²) in [6.07, 6.45) is 0. The molecular formula is C13H23N3O. The molecule has 96 valence electrons. The van der Waals surface area contributed by atoms with Crippen molar-refractivity contribution in [3.05, 3.63) is 17.0 Å². The number of nitrogens with zero attached hydrogens (tertiary/aromatic N) is 3. The van der Waals surface area contributed by atoms with Crippen LogP contribution in [0.4, 0.5) is 0 Å². The first-order chi connectivity index (χ1) is 7.82. The topological polar surface area (TPSA) is 38.1 Å². The van der Waals surface area contributed by atoms with E-state index in [-0.39, 0.29) is 5.91 Å². The van der Waals surface area contributed by atoms with Gasteiger partial charge in [-0.3, -0.25) is 9.48 Å². The van der Waals surface area contributed by atoms with Crippen molar-refractivity contribution >= 4 is 5.91 Å². The van der Waals surface area contributed by atoms with Gasteiger partial charge in [0.05, 0.1) is 5.69 Å². The van der Waals surface area contributed by atoms with Crippen LogP contribution in [-0.2, 0) is 18.4 Å². The molecule has 1 aromatic rings. The van der Waals surface area contributed by atoms with Gasteiger partial charge in [0, 0.05) is 38.3 Å². The van der Waals surface area contributed by atoms with Gasteiger partial charge in [0.25, 0.3) is 0 Å². The molecule has 1 heterocycles. The van der Waals surface area contributed by atoms with E-state index in [9.17, 15) is 4.79 Å². The lowest BCUT2D eigenvalue weighted by molar-refractivity contribution is -0.130. The molecule has 17 heavy (non-hydrogen) atoms. The monoisotopic (exact) mass is 237 g/mol. The Morgan fingerprint density at radius 3 is 2.35 bits per heavy atom. The Bertz CT molecular complexity index is 407. The van der Waals surface area contributed by atoms with Gasteiger partial charge in [-0.2, -0.15) is 5.10 Å². The normalized spacial score (nSPS) is 11.0. The molecule has 0 bridgehead atoms. The standard InChI is InChI=1S/C13H23N3O/c1-9(2)7-16(12(5)17)8-13-10(3)14-15(6)11(13)4/h9H,7-8H2,1-6H3. The van der Waals surface area contributed by atoms with Crippen molar-refractivity contribution in [1.82, 2.24) is 14.7 Å². The number of aromatic nitrogens is 2. The molecule has 4 nitrogen and oxygen atoms in total. The van der Waals surface area contributed by atoms with Crippen molar-refractivity contribution < 1.29 is 4.79 Å². The molecule has 0 saturated heterocycles. The minimum Gasteiger partial charge on any atom is -0.338 e. The minimum atomic E-state index is 0.126. The molecule has 0 aliphatic rings. The Hall–Kier alpha value is -1.32. The number of hydrogen-bond acceptors (Lipinski definition) is 2. The third-order valence-electron chi connectivity index (χ3n) is 3.04. The van der Waals surface area contributed by atoms with Crippen molar-refractivity contribution in [2.75, 3.05) is 6.54 Å². The minimum absolute atomic E-state index is 0.126. The summed E-state index contributed by atoms with van der Waals surface area (Å²) >= 11 is 0. The van der Waals surface area contributed by atoms with Crippen LogP contribution < -0.4 is 0 Å². The molecule has 4 heteroatoms. The van der Waals surface area contributed by atoms with Gasteiger partial charge in [0.2, 0.25) is 5.91 Å². The molecule has 1 aromatic heterocycles. The summed E-state index contributed by atoms with van der Waals surface area (Å²) in [6, 6.07) is 0. The van der Waals surface area contributed by atoms with E-state index in [2.05, 4.69) is 18.9 Å². The summed E-state index contributed by atoms with van der Waals surface area (Å²) in [5, 5.41) is 4.38. The van der Waals surface area contributed by atoms with Gasteiger partial charge in [-0.15, -0.1) is 0 Å². The molecule has 0 unspecified atom stereocenters. The second kappa shape index (κ2) is 5.34. The van der Waals surface area contributed by atoms with E-state index in [1.165, 1.54) is 5.56 Å². The Labute approximate surface area is 104 Å². The molecule has 1 rings (SSSR count). The van der Waals surface area contributed by atoms with Crippen molar-refractivity contribution in [2.45, 2.75) is 41.2 Å². The van der Waals surface area contributed by atoms with Gasteiger partial charge in [0.15, 0.2) is 0 Å². The summed E-state index contributed by atoms with van der Waals surface area (Å²) in [7, 11) is 1.94. The van der Waals surface area contributed by atoms with Gasteiger partial charge in [-0.05, 0) is 19.8 Å². The van der Waals surface area contributed by atoms with Gasteiger partial charge in [-0.1, -0.05) is 13.8 Å². The summed E-state index contributed by atoms with van der Waals surface area (Å²) in [6.45, 7) is 11.4. The van der Waals surface area contributed by atoms with Gasteiger partial charge < -0.3 is 4.90 Å². The van der Waals surface area contributed by atoms with E-state index in [0.29, 0.717) is 12.5 Å². The Morgan fingerprint density at radius 1 is 1.41 bits per heavy atom. The average Bonchev–Trinajstić information content (AvgIpc) is 2.43. The number of aryl methyl sites for hydroxylation is 2. The van der Waals surface area contributed by atoms with Crippen LogP contribution >= 0.6 is 0 Å². The maximum Gasteiger partial charge on any atom is 0.219 e. The Balaban J connectivity index is 2.89. The number of hydrogen-bond donors (Lipinski definition) is 0. The van der Waals surface area contributed by atoms with Crippen LogP contribution in [0.1, 0.15) is 37.7 Å². The predicted octanol–water partition coefficient (Wildman–Crippen LogP) is 2.04. The SMILES string of the molecule is CC(=O)N(Cc1c(C)nn(C)c1C)CC(C)C. The molecule has 0 aliphatic carbocycles. The van der Waals surface area contributed by atoms with Crippen LogP contribution in [-0.4, -0.2) is 27.1 Å². The average molecular weight is 237 g/mol. The quantitative estimate of drug-likeness (QED) is 0.803. The molecule has 0 radical (unpaired) electrons. The highest BCUT2D eigenvalue weighted by atomic mass is 16.2. The largest absolute Gasteiger partial charge is 0.338 e. The molecule has 0 N–H and O–H groups in total. The maximum atomic E-state index is 11.6. The van der Waals surface area contributed by atoms with Crippen molar-refractivity contribution in [2.24, 2.45) is 13.0 Å². The number of carbonyl (C=O) groups is 1. The first-order valence-electron chi connectivity index (χ1n) is 6.07. The first kappa shape index (κ1) is 13.7. The molecule has 0 aliphatic heterocycles. The molecule has 0 saturated carbocycles. The van der Waals surface area contributed by atoms with Crippen LogP contribution in [0.3, 0.4) is 0 Å². The van der Waals surface area contributed by atoms with Crippen LogP contribution in [0.25, 0.3) is 0 Å². The smallest absolute Gasteiger partial charge is 0.219 e. The van der Waals surface area contributed by atoms with Gasteiger partial charge in [0.1, 0.15) is 0 Å². The fourth-order valence-electron chi connectivity index (χ4n) is 1.98. The second-order valence-electron chi connectivity index (χ2n) is 5.07. The molecule has 0 fully saturated rings. The lowest BCUT2D eigenvalue weighted by Crippen LogP contribution is -2.32. The first-order valence-corrected chi connectivity index (χ1v) is 6.07. The zero-order valence-corrected chi connectivity index (χ0v) is 11.7. The molecule has 0 aromatic carbocycles. The van der Waals surface area contributed by atoms with Crippen LogP contribution in [0, 0.1) is 19.8 Å². The number of amides is 1. The van der Waals surface area contributed by atoms with Crippen LogP contribution in [0.15, 0.2) is 0 Å². The summed E-state index contributed by atoms with van der Waals surface area (Å²) in [5.41, 5.74) is 3.32. The van der Waals surface area contributed by atoms with Crippen molar-refractivity contribution in [3.63, 3.8) is 0 Å². The molecule has 0 spiro atoms. The van der Waals surface area contributed by atoms with E-state index < -0.39 is 0 Å².